The summed E-state index contributed by atoms with van der Waals surface area (Å²) in [6.07, 6.45) is 2.53. The smallest absolute Gasteiger partial charge is 0.239 e. The number of amides is 1. The zero-order valence-corrected chi connectivity index (χ0v) is 12.9. The molecule has 1 aromatic carbocycles. The summed E-state index contributed by atoms with van der Waals surface area (Å²) in [6.45, 7) is 1.15. The number of para-hydroxylation sites is 1. The lowest BCUT2D eigenvalue weighted by Crippen LogP contribution is -2.47. The second kappa shape index (κ2) is 6.91. The molecule has 2 rings (SSSR count). The molecule has 1 amide bonds. The summed E-state index contributed by atoms with van der Waals surface area (Å²) in [5.41, 5.74) is 0.902. The van der Waals surface area contributed by atoms with Crippen LogP contribution in [0, 0.1) is 0 Å². The zero-order valence-electron chi connectivity index (χ0n) is 12.1. The van der Waals surface area contributed by atoms with Gasteiger partial charge in [0.1, 0.15) is 0 Å². The van der Waals surface area contributed by atoms with E-state index in [1.165, 1.54) is 10.6 Å². The summed E-state index contributed by atoms with van der Waals surface area (Å²) < 4.78 is 24.3. The first-order valence-electron chi connectivity index (χ1n) is 6.98. The van der Waals surface area contributed by atoms with Crippen molar-refractivity contribution in [3.05, 3.63) is 30.3 Å². The molecule has 0 bridgehead atoms. The molecule has 1 aromatic rings. The summed E-state index contributed by atoms with van der Waals surface area (Å²) in [5.74, 6) is -0.0725. The van der Waals surface area contributed by atoms with Crippen molar-refractivity contribution in [1.82, 2.24) is 9.62 Å². The number of nitrogens with zero attached hydrogens (tertiary/aromatic N) is 1. The third kappa shape index (κ3) is 5.02. The van der Waals surface area contributed by atoms with Crippen LogP contribution < -0.4 is 10.6 Å². The Hall–Kier alpha value is -1.60. The molecule has 0 aromatic heterocycles. The molecule has 1 aliphatic heterocycles. The Morgan fingerprint density at radius 1 is 1.24 bits per heavy atom. The Kier molecular flexibility index (Phi) is 5.19. The Bertz CT molecular complexity index is 566. The highest BCUT2D eigenvalue weighted by atomic mass is 32.2. The number of rotatable bonds is 5. The van der Waals surface area contributed by atoms with E-state index in [-0.39, 0.29) is 18.5 Å². The van der Waals surface area contributed by atoms with E-state index in [1.807, 2.05) is 30.3 Å². The first kappa shape index (κ1) is 15.8. The van der Waals surface area contributed by atoms with Crippen LogP contribution in [-0.4, -0.2) is 50.6 Å². The lowest BCUT2D eigenvalue weighted by molar-refractivity contribution is -0.120. The van der Waals surface area contributed by atoms with Crippen LogP contribution in [0.2, 0.25) is 0 Å². The van der Waals surface area contributed by atoms with Crippen molar-refractivity contribution in [2.75, 3.05) is 31.2 Å². The normalized spacial score (nSPS) is 17.4. The SMILES string of the molecule is CS(=O)(=O)N1CCC(NC(=O)CNc2ccccc2)CC1. The summed E-state index contributed by atoms with van der Waals surface area (Å²) in [6, 6.07) is 9.58. The first-order chi connectivity index (χ1) is 9.95. The van der Waals surface area contributed by atoms with Gasteiger partial charge >= 0.3 is 0 Å². The largest absolute Gasteiger partial charge is 0.376 e. The van der Waals surface area contributed by atoms with Crippen molar-refractivity contribution in [3.63, 3.8) is 0 Å². The van der Waals surface area contributed by atoms with Gasteiger partial charge in [0.25, 0.3) is 0 Å². The Balaban J connectivity index is 1.72. The van der Waals surface area contributed by atoms with E-state index in [9.17, 15) is 13.2 Å². The highest BCUT2D eigenvalue weighted by Gasteiger charge is 2.25. The molecular weight excluding hydrogens is 290 g/mol. The summed E-state index contributed by atoms with van der Waals surface area (Å²) >= 11 is 0. The third-order valence-electron chi connectivity index (χ3n) is 3.51. The average molecular weight is 311 g/mol. The number of carbonyl (C=O) groups excluding carboxylic acids is 1. The fraction of sp³-hybridized carbons (Fsp3) is 0.500. The van der Waals surface area contributed by atoms with E-state index in [0.717, 1.165) is 5.69 Å². The van der Waals surface area contributed by atoms with Crippen LogP contribution in [0.5, 0.6) is 0 Å². The van der Waals surface area contributed by atoms with Gasteiger partial charge in [-0.2, -0.15) is 0 Å². The summed E-state index contributed by atoms with van der Waals surface area (Å²) in [5, 5.41) is 5.99. The molecule has 7 heteroatoms. The highest BCUT2D eigenvalue weighted by molar-refractivity contribution is 7.88. The van der Waals surface area contributed by atoms with Gasteiger partial charge in [0.05, 0.1) is 12.8 Å². The molecule has 0 aliphatic carbocycles. The van der Waals surface area contributed by atoms with Gasteiger partial charge in [-0.1, -0.05) is 18.2 Å². The number of piperidine rings is 1. The Morgan fingerprint density at radius 2 is 1.86 bits per heavy atom. The number of carbonyl (C=O) groups is 1. The van der Waals surface area contributed by atoms with Gasteiger partial charge in [0.2, 0.25) is 15.9 Å². The molecule has 1 heterocycles. The van der Waals surface area contributed by atoms with E-state index in [4.69, 9.17) is 0 Å². The number of anilines is 1. The van der Waals surface area contributed by atoms with Gasteiger partial charge in [-0.3, -0.25) is 4.79 Å². The van der Waals surface area contributed by atoms with Crippen molar-refractivity contribution in [3.8, 4) is 0 Å². The van der Waals surface area contributed by atoms with E-state index in [0.29, 0.717) is 25.9 Å². The number of hydrogen-bond acceptors (Lipinski definition) is 4. The molecule has 1 saturated heterocycles. The van der Waals surface area contributed by atoms with Crippen LogP contribution >= 0.6 is 0 Å². The van der Waals surface area contributed by atoms with Crippen LogP contribution in [0.1, 0.15) is 12.8 Å². The molecule has 0 saturated carbocycles. The molecule has 116 valence electrons. The monoisotopic (exact) mass is 311 g/mol. The molecule has 0 radical (unpaired) electrons. The predicted octanol–water partition coefficient (Wildman–Crippen LogP) is 0.639. The van der Waals surface area contributed by atoms with Gasteiger partial charge in [-0.15, -0.1) is 0 Å². The number of nitrogens with one attached hydrogen (secondary N) is 2. The van der Waals surface area contributed by atoms with Crippen LogP contribution in [0.25, 0.3) is 0 Å². The fourth-order valence-corrected chi connectivity index (χ4v) is 3.22. The number of hydrogen-bond donors (Lipinski definition) is 2. The minimum Gasteiger partial charge on any atom is -0.376 e. The summed E-state index contributed by atoms with van der Waals surface area (Å²) in [4.78, 5) is 11.9. The average Bonchev–Trinajstić information content (AvgIpc) is 2.46. The van der Waals surface area contributed by atoms with E-state index in [2.05, 4.69) is 10.6 Å². The second-order valence-electron chi connectivity index (χ2n) is 5.22. The quantitative estimate of drug-likeness (QED) is 0.836. The van der Waals surface area contributed by atoms with Crippen LogP contribution in [-0.2, 0) is 14.8 Å². The lowest BCUT2D eigenvalue weighted by atomic mass is 10.1. The minimum absolute atomic E-state index is 0.0491. The summed E-state index contributed by atoms with van der Waals surface area (Å²) in [7, 11) is -3.12. The van der Waals surface area contributed by atoms with Crippen molar-refractivity contribution < 1.29 is 13.2 Å². The Morgan fingerprint density at radius 3 is 2.43 bits per heavy atom. The zero-order chi connectivity index (χ0) is 15.3. The van der Waals surface area contributed by atoms with Gasteiger partial charge in [0, 0.05) is 24.8 Å². The van der Waals surface area contributed by atoms with Crippen LogP contribution in [0.15, 0.2) is 30.3 Å². The molecule has 6 nitrogen and oxygen atoms in total. The number of sulfonamides is 1. The lowest BCUT2D eigenvalue weighted by Gasteiger charge is -2.30. The highest BCUT2D eigenvalue weighted by Crippen LogP contribution is 2.13. The van der Waals surface area contributed by atoms with Gasteiger partial charge < -0.3 is 10.6 Å². The third-order valence-corrected chi connectivity index (χ3v) is 4.82. The Labute approximate surface area is 125 Å². The van der Waals surface area contributed by atoms with Gasteiger partial charge in [0.15, 0.2) is 0 Å². The van der Waals surface area contributed by atoms with E-state index < -0.39 is 10.0 Å². The molecule has 0 spiro atoms. The number of benzene rings is 1. The first-order valence-corrected chi connectivity index (χ1v) is 8.83. The van der Waals surface area contributed by atoms with Gasteiger partial charge in [-0.25, -0.2) is 12.7 Å². The minimum atomic E-state index is -3.12. The fourth-order valence-electron chi connectivity index (χ4n) is 2.35. The molecule has 0 unspecified atom stereocenters. The van der Waals surface area contributed by atoms with Crippen LogP contribution in [0.3, 0.4) is 0 Å². The maximum atomic E-state index is 11.9. The van der Waals surface area contributed by atoms with Crippen molar-refractivity contribution in [1.29, 1.82) is 0 Å². The molecule has 21 heavy (non-hydrogen) atoms. The maximum Gasteiger partial charge on any atom is 0.239 e. The van der Waals surface area contributed by atoms with E-state index >= 15 is 0 Å². The maximum absolute atomic E-state index is 11.9. The van der Waals surface area contributed by atoms with Crippen LogP contribution in [0.4, 0.5) is 5.69 Å². The molecule has 2 N–H and O–H groups in total. The standard InChI is InChI=1S/C14H21N3O3S/c1-21(19,20)17-9-7-13(8-10-17)16-14(18)11-15-12-5-3-2-4-6-12/h2-6,13,15H,7-11H2,1H3,(H,16,18). The molecule has 0 atom stereocenters. The van der Waals surface area contributed by atoms with Crippen molar-refractivity contribution in [2.45, 2.75) is 18.9 Å². The molecule has 1 aliphatic rings. The second-order valence-corrected chi connectivity index (χ2v) is 7.21. The van der Waals surface area contributed by atoms with E-state index in [1.54, 1.807) is 0 Å². The molecule has 1 fully saturated rings. The van der Waals surface area contributed by atoms with Crippen molar-refractivity contribution in [2.24, 2.45) is 0 Å². The predicted molar refractivity (Wildman–Crippen MR) is 82.5 cm³/mol. The molecular formula is C14H21N3O3S. The topological polar surface area (TPSA) is 78.5 Å². The van der Waals surface area contributed by atoms with Gasteiger partial charge in [-0.05, 0) is 25.0 Å². The van der Waals surface area contributed by atoms with Crippen molar-refractivity contribution >= 4 is 21.6 Å².